The number of ether oxygens (including phenoxy) is 3. The van der Waals surface area contributed by atoms with Crippen molar-refractivity contribution in [1.29, 1.82) is 10.7 Å². The van der Waals surface area contributed by atoms with Gasteiger partial charge < -0.3 is 19.3 Å². The highest BCUT2D eigenvalue weighted by Gasteiger charge is 2.66. The third kappa shape index (κ3) is 2.15. The maximum Gasteiger partial charge on any atom is 0.226 e. The van der Waals surface area contributed by atoms with Crippen molar-refractivity contribution in [3.05, 3.63) is 29.6 Å². The summed E-state index contributed by atoms with van der Waals surface area (Å²) < 4.78 is 27.0. The molecule has 4 rings (SSSR count). The van der Waals surface area contributed by atoms with Gasteiger partial charge in [-0.15, -0.1) is 0 Å². The van der Waals surface area contributed by atoms with Gasteiger partial charge >= 0.3 is 0 Å². The van der Waals surface area contributed by atoms with E-state index in [0.717, 1.165) is 0 Å². The Morgan fingerprint density at radius 3 is 3.04 bits per heavy atom. The van der Waals surface area contributed by atoms with E-state index in [4.69, 9.17) is 21.0 Å². The minimum atomic E-state index is -1.79. The SMILES string of the molecule is [2H]c1cc([C@]2(C#N)O[C@H](C(=O)CO)[C@H]3OC(C)(C)O[C@H]32)n2[nH]cnc(=N)c12. The van der Waals surface area contributed by atoms with Gasteiger partial charge in [-0.2, -0.15) is 5.26 Å². The van der Waals surface area contributed by atoms with Crippen LogP contribution in [0.4, 0.5) is 0 Å². The average Bonchev–Trinajstić information content (AvgIpc) is 3.23. The molecule has 0 amide bonds. The fraction of sp³-hybridized carbons (Fsp3) is 0.500. The summed E-state index contributed by atoms with van der Waals surface area (Å²) in [4.78, 5) is 16.0. The number of aromatic amines is 1. The molecule has 0 radical (unpaired) electrons. The lowest BCUT2D eigenvalue weighted by Gasteiger charge is -2.28. The molecule has 3 N–H and O–H groups in total. The van der Waals surface area contributed by atoms with Crippen LogP contribution < -0.4 is 5.49 Å². The second kappa shape index (κ2) is 5.46. The number of hydrogen-bond donors (Lipinski definition) is 3. The van der Waals surface area contributed by atoms with Crippen LogP contribution >= 0.6 is 0 Å². The number of rotatable bonds is 3. The molecule has 4 heterocycles. The van der Waals surface area contributed by atoms with Gasteiger partial charge in [0.25, 0.3) is 0 Å². The molecule has 0 unspecified atom stereocenters. The number of ketones is 1. The van der Waals surface area contributed by atoms with Crippen LogP contribution in [0.3, 0.4) is 0 Å². The van der Waals surface area contributed by atoms with Crippen molar-refractivity contribution < 1.29 is 25.5 Å². The average molecular weight is 360 g/mol. The van der Waals surface area contributed by atoms with Gasteiger partial charge in [0, 0.05) is 0 Å². The van der Waals surface area contributed by atoms with Gasteiger partial charge in [-0.05, 0) is 26.0 Å². The first-order chi connectivity index (χ1) is 12.7. The predicted octanol–water partition coefficient (Wildman–Crippen LogP) is -0.659. The summed E-state index contributed by atoms with van der Waals surface area (Å²) >= 11 is 0. The molecular weight excluding hydrogens is 342 g/mol. The molecule has 10 nitrogen and oxygen atoms in total. The van der Waals surface area contributed by atoms with Crippen molar-refractivity contribution >= 4 is 11.3 Å². The first kappa shape index (κ1) is 15.7. The fourth-order valence-electron chi connectivity index (χ4n) is 3.53. The second-order valence-corrected chi connectivity index (χ2v) is 6.62. The summed E-state index contributed by atoms with van der Waals surface area (Å²) in [6.45, 7) is 2.53. The van der Waals surface area contributed by atoms with Gasteiger partial charge in [-0.25, -0.2) is 4.98 Å². The van der Waals surface area contributed by atoms with Crippen molar-refractivity contribution in [3.8, 4) is 6.07 Å². The largest absolute Gasteiger partial charge is 0.388 e. The van der Waals surface area contributed by atoms with E-state index in [-0.39, 0.29) is 22.7 Å². The zero-order valence-corrected chi connectivity index (χ0v) is 14.0. The third-order valence-corrected chi connectivity index (χ3v) is 4.58. The molecular formula is C16H17N5O5. The number of fused-ring (bicyclic) bond motifs is 2. The lowest BCUT2D eigenvalue weighted by atomic mass is 9.92. The van der Waals surface area contributed by atoms with Gasteiger partial charge in [0.15, 0.2) is 17.1 Å². The van der Waals surface area contributed by atoms with Crippen LogP contribution in [-0.4, -0.2) is 56.2 Å². The number of nitrogens with zero attached hydrogens (tertiary/aromatic N) is 3. The van der Waals surface area contributed by atoms with Crippen LogP contribution in [0.25, 0.3) is 5.52 Å². The molecule has 2 aromatic rings. The highest BCUT2D eigenvalue weighted by molar-refractivity contribution is 5.85. The molecule has 0 aromatic carbocycles. The molecule has 0 bridgehead atoms. The quantitative estimate of drug-likeness (QED) is 0.658. The number of Topliss-reactive ketones (excluding diaryl/α,β-unsaturated/α-hetero) is 1. The van der Waals surface area contributed by atoms with E-state index in [2.05, 4.69) is 16.2 Å². The van der Waals surface area contributed by atoms with Crippen molar-refractivity contribution in [1.82, 2.24) is 14.6 Å². The van der Waals surface area contributed by atoms with Crippen molar-refractivity contribution in [3.63, 3.8) is 0 Å². The molecule has 10 heteroatoms. The summed E-state index contributed by atoms with van der Waals surface area (Å²) in [7, 11) is 0. The Morgan fingerprint density at radius 1 is 1.58 bits per heavy atom. The first-order valence-electron chi connectivity index (χ1n) is 8.43. The number of carbonyl (C=O) groups excluding carboxylic acids is 1. The number of nitriles is 1. The molecule has 2 aliphatic heterocycles. The molecule has 2 saturated heterocycles. The van der Waals surface area contributed by atoms with E-state index in [0.29, 0.717) is 0 Å². The third-order valence-electron chi connectivity index (χ3n) is 4.58. The normalized spacial score (nSPS) is 33.0. The van der Waals surface area contributed by atoms with E-state index in [1.165, 1.54) is 16.9 Å². The summed E-state index contributed by atoms with van der Waals surface area (Å²) in [5.41, 5.74) is -1.61. The van der Waals surface area contributed by atoms with Gasteiger partial charge in [0.05, 0.1) is 7.06 Å². The van der Waals surface area contributed by atoms with Crippen LogP contribution in [0, 0.1) is 16.7 Å². The van der Waals surface area contributed by atoms with Crippen LogP contribution in [0.15, 0.2) is 18.4 Å². The second-order valence-electron chi connectivity index (χ2n) is 6.62. The van der Waals surface area contributed by atoms with Crippen LogP contribution in [-0.2, 0) is 24.6 Å². The van der Waals surface area contributed by atoms with Gasteiger partial charge in [0.2, 0.25) is 5.60 Å². The molecule has 2 aliphatic rings. The molecule has 0 saturated carbocycles. The Morgan fingerprint density at radius 2 is 2.35 bits per heavy atom. The predicted molar refractivity (Wildman–Crippen MR) is 83.5 cm³/mol. The Bertz CT molecular complexity index is 1040. The van der Waals surface area contributed by atoms with Crippen molar-refractivity contribution in [2.24, 2.45) is 0 Å². The fourth-order valence-corrected chi connectivity index (χ4v) is 3.53. The maximum absolute atomic E-state index is 12.2. The topological polar surface area (TPSA) is 146 Å². The minimum Gasteiger partial charge on any atom is -0.388 e. The van der Waals surface area contributed by atoms with Crippen LogP contribution in [0.1, 0.15) is 20.9 Å². The molecule has 0 aliphatic carbocycles. The number of aliphatic hydroxyl groups is 1. The zero-order chi connectivity index (χ0) is 19.6. The van der Waals surface area contributed by atoms with Gasteiger partial charge in [-0.1, -0.05) is 0 Å². The van der Waals surface area contributed by atoms with Crippen LogP contribution in [0.2, 0.25) is 0 Å². The Balaban J connectivity index is 1.95. The number of nitrogens with one attached hydrogen (secondary N) is 2. The molecule has 0 spiro atoms. The van der Waals surface area contributed by atoms with E-state index in [9.17, 15) is 15.2 Å². The van der Waals surface area contributed by atoms with E-state index >= 15 is 0 Å². The Kier molecular flexibility index (Phi) is 3.29. The number of aliphatic hydroxyl groups excluding tert-OH is 1. The summed E-state index contributed by atoms with van der Waals surface area (Å²) in [6.07, 6.45) is -1.84. The molecule has 136 valence electrons. The Hall–Kier alpha value is -2.58. The van der Waals surface area contributed by atoms with Crippen molar-refractivity contribution in [2.45, 2.75) is 43.5 Å². The van der Waals surface area contributed by atoms with E-state index in [1.54, 1.807) is 13.8 Å². The number of aromatic nitrogens is 3. The number of H-pyrrole nitrogens is 1. The summed E-state index contributed by atoms with van der Waals surface area (Å²) in [5, 5.41) is 30.0. The van der Waals surface area contributed by atoms with Gasteiger partial charge in [-0.3, -0.25) is 19.8 Å². The zero-order valence-electron chi connectivity index (χ0n) is 15.0. The number of carbonyl (C=O) groups is 1. The minimum absolute atomic E-state index is 0.0377. The Labute approximate surface area is 148 Å². The summed E-state index contributed by atoms with van der Waals surface area (Å²) in [6, 6.07) is 3.40. The lowest BCUT2D eigenvalue weighted by Crippen LogP contribution is -2.41. The number of hydrogen-bond acceptors (Lipinski definition) is 8. The van der Waals surface area contributed by atoms with E-state index in [1.807, 2.05) is 0 Å². The molecule has 26 heavy (non-hydrogen) atoms. The first-order valence-corrected chi connectivity index (χ1v) is 7.93. The lowest BCUT2D eigenvalue weighted by molar-refractivity contribution is -0.202. The van der Waals surface area contributed by atoms with Crippen molar-refractivity contribution in [2.75, 3.05) is 6.61 Å². The monoisotopic (exact) mass is 360 g/mol. The maximum atomic E-state index is 12.2. The molecule has 2 fully saturated rings. The highest BCUT2D eigenvalue weighted by Crippen LogP contribution is 2.49. The molecule has 4 atom stereocenters. The molecule has 2 aromatic heterocycles. The van der Waals surface area contributed by atoms with E-state index < -0.39 is 42.1 Å². The highest BCUT2D eigenvalue weighted by atomic mass is 16.8. The van der Waals surface area contributed by atoms with Gasteiger partial charge in [0.1, 0.15) is 42.8 Å². The van der Waals surface area contributed by atoms with Crippen LogP contribution in [0.5, 0.6) is 0 Å². The summed E-state index contributed by atoms with van der Waals surface area (Å²) in [5.74, 6) is -1.71. The smallest absolute Gasteiger partial charge is 0.226 e. The standard InChI is InChI=1S/C16H17N5O5/c1-15(2)24-12-11(9(23)5-22)25-16(6-17,13(12)26-15)10-4-3-8-14(18)19-7-20-21(8)10/h3-4,7,11-13,22H,5H2,1-2H3,(H2,18,19,20)/t11-,12-,13-,16+/m1/s1/i3D.